The molecule has 0 radical (unpaired) electrons. The number of amides is 1. The van der Waals surface area contributed by atoms with Gasteiger partial charge in [0.05, 0.1) is 28.0 Å². The second kappa shape index (κ2) is 10.9. The summed E-state index contributed by atoms with van der Waals surface area (Å²) in [5.74, 6) is -0.509. The van der Waals surface area contributed by atoms with E-state index >= 15 is 0 Å². The number of hydrogen-bond acceptors (Lipinski definition) is 6. The van der Waals surface area contributed by atoms with Crippen LogP contribution in [0.15, 0.2) is 58.7 Å². The van der Waals surface area contributed by atoms with E-state index in [2.05, 4.69) is 15.6 Å². The lowest BCUT2D eigenvalue weighted by molar-refractivity contribution is -0.139. The van der Waals surface area contributed by atoms with Crippen molar-refractivity contribution in [2.45, 2.75) is 26.8 Å². The Bertz CT molecular complexity index is 1100. The van der Waals surface area contributed by atoms with Crippen LogP contribution >= 0.6 is 35.0 Å². The van der Waals surface area contributed by atoms with E-state index in [1.54, 1.807) is 32.0 Å². The van der Waals surface area contributed by atoms with E-state index in [0.717, 1.165) is 11.3 Å². The molecule has 0 saturated heterocycles. The molecule has 2 N–H and O–H groups in total. The average Bonchev–Trinajstić information content (AvgIpc) is 2.75. The highest BCUT2D eigenvalue weighted by atomic mass is 35.5. The van der Waals surface area contributed by atoms with Gasteiger partial charge >= 0.3 is 5.97 Å². The standard InChI is InChI=1S/C23H23Cl2N3O3S/c1-4-31-22(30)19-14(3)26-23(28-21(19)15-9-7-10-16(24)20(15)25)32-12-18(29)27-17-11-6-5-8-13(17)2/h5-11,21H,4,12H2,1-3H3,(H,26,28)(H,27,29)/t21-/m0/s1. The van der Waals surface area contributed by atoms with Crippen molar-refractivity contribution >= 4 is 57.7 Å². The number of rotatable bonds is 6. The highest BCUT2D eigenvalue weighted by molar-refractivity contribution is 8.14. The van der Waals surface area contributed by atoms with Crippen LogP contribution in [0.5, 0.6) is 0 Å². The predicted molar refractivity (Wildman–Crippen MR) is 131 cm³/mol. The van der Waals surface area contributed by atoms with Crippen LogP contribution in [0.4, 0.5) is 5.69 Å². The van der Waals surface area contributed by atoms with Gasteiger partial charge in [-0.3, -0.25) is 4.79 Å². The van der Waals surface area contributed by atoms with Gasteiger partial charge in [0.2, 0.25) is 5.91 Å². The van der Waals surface area contributed by atoms with Gasteiger partial charge in [-0.2, -0.15) is 0 Å². The molecule has 6 nitrogen and oxygen atoms in total. The number of benzene rings is 2. The Labute approximate surface area is 201 Å². The number of hydrogen-bond donors (Lipinski definition) is 2. The zero-order chi connectivity index (χ0) is 23.3. The summed E-state index contributed by atoms with van der Waals surface area (Å²) in [6, 6.07) is 12.1. The second-order valence-corrected chi connectivity index (χ2v) is 8.76. The third-order valence-electron chi connectivity index (χ3n) is 4.75. The molecule has 1 amide bonds. The number of halogens is 2. The molecule has 9 heteroatoms. The molecular formula is C23H23Cl2N3O3S. The summed E-state index contributed by atoms with van der Waals surface area (Å²) in [7, 11) is 0. The fourth-order valence-corrected chi connectivity index (χ4v) is 4.34. The van der Waals surface area contributed by atoms with Crippen LogP contribution in [0.3, 0.4) is 0 Å². The third-order valence-corrected chi connectivity index (χ3v) is 6.47. The summed E-state index contributed by atoms with van der Waals surface area (Å²) in [5, 5.41) is 7.19. The molecule has 168 valence electrons. The molecule has 0 fully saturated rings. The van der Waals surface area contributed by atoms with Crippen LogP contribution in [-0.2, 0) is 14.3 Å². The summed E-state index contributed by atoms with van der Waals surface area (Å²) < 4.78 is 5.23. The van der Waals surface area contributed by atoms with Gasteiger partial charge in [0, 0.05) is 16.9 Å². The smallest absolute Gasteiger partial charge is 0.338 e. The molecule has 0 aromatic heterocycles. The van der Waals surface area contributed by atoms with Crippen molar-refractivity contribution in [3.63, 3.8) is 0 Å². The number of carbonyl (C=O) groups excluding carboxylic acids is 2. The van der Waals surface area contributed by atoms with E-state index in [0.29, 0.717) is 32.0 Å². The van der Waals surface area contributed by atoms with Gasteiger partial charge in [0.1, 0.15) is 6.04 Å². The van der Waals surface area contributed by atoms with Crippen molar-refractivity contribution in [2.75, 3.05) is 17.7 Å². The molecule has 0 unspecified atom stereocenters. The van der Waals surface area contributed by atoms with Crippen molar-refractivity contribution in [2.24, 2.45) is 4.99 Å². The Morgan fingerprint density at radius 2 is 1.91 bits per heavy atom. The Hall–Kier alpha value is -2.48. The van der Waals surface area contributed by atoms with Crippen molar-refractivity contribution < 1.29 is 14.3 Å². The third kappa shape index (κ3) is 5.65. The molecular weight excluding hydrogens is 469 g/mol. The Kier molecular flexibility index (Phi) is 8.23. The monoisotopic (exact) mass is 491 g/mol. The zero-order valence-electron chi connectivity index (χ0n) is 17.9. The number of esters is 1. The van der Waals surface area contributed by atoms with Gasteiger partial charge in [0.15, 0.2) is 5.17 Å². The van der Waals surface area contributed by atoms with Crippen molar-refractivity contribution in [1.82, 2.24) is 5.32 Å². The highest BCUT2D eigenvalue weighted by Crippen LogP contribution is 2.39. The van der Waals surface area contributed by atoms with Crippen molar-refractivity contribution in [3.05, 3.63) is 74.9 Å². The highest BCUT2D eigenvalue weighted by Gasteiger charge is 2.32. The van der Waals surface area contributed by atoms with E-state index in [9.17, 15) is 9.59 Å². The number of amidine groups is 1. The number of para-hydroxylation sites is 1. The van der Waals surface area contributed by atoms with Crippen molar-refractivity contribution in [1.29, 1.82) is 0 Å². The lowest BCUT2D eigenvalue weighted by Crippen LogP contribution is -2.31. The van der Waals surface area contributed by atoms with Gasteiger partial charge in [-0.25, -0.2) is 9.79 Å². The Balaban J connectivity index is 1.83. The largest absolute Gasteiger partial charge is 0.463 e. The van der Waals surface area contributed by atoms with Gasteiger partial charge in [-0.15, -0.1) is 0 Å². The number of ether oxygens (including phenoxy) is 1. The van der Waals surface area contributed by atoms with Crippen LogP contribution in [0.1, 0.15) is 31.0 Å². The van der Waals surface area contributed by atoms with E-state index in [4.69, 9.17) is 27.9 Å². The van der Waals surface area contributed by atoms with Crippen molar-refractivity contribution in [3.8, 4) is 0 Å². The molecule has 1 atom stereocenters. The van der Waals surface area contributed by atoms with Crippen LogP contribution in [0.25, 0.3) is 0 Å². The van der Waals surface area contributed by atoms with E-state index in [-0.39, 0.29) is 18.3 Å². The Morgan fingerprint density at radius 3 is 2.62 bits per heavy atom. The number of allylic oxidation sites excluding steroid dienone is 1. The minimum absolute atomic E-state index is 0.137. The van der Waals surface area contributed by atoms with Crippen LogP contribution in [0.2, 0.25) is 10.0 Å². The number of carbonyl (C=O) groups is 2. The minimum Gasteiger partial charge on any atom is -0.463 e. The summed E-state index contributed by atoms with van der Waals surface area (Å²) in [5.41, 5.74) is 3.27. The lowest BCUT2D eigenvalue weighted by atomic mass is 9.96. The van der Waals surface area contributed by atoms with E-state index in [1.165, 1.54) is 11.8 Å². The molecule has 2 aromatic carbocycles. The van der Waals surface area contributed by atoms with E-state index in [1.807, 2.05) is 31.2 Å². The molecule has 1 aliphatic heterocycles. The number of anilines is 1. The predicted octanol–water partition coefficient (Wildman–Crippen LogP) is 5.51. The first-order chi connectivity index (χ1) is 15.3. The number of aryl methyl sites for hydroxylation is 1. The first-order valence-electron chi connectivity index (χ1n) is 9.96. The molecule has 3 rings (SSSR count). The molecule has 0 saturated carbocycles. The van der Waals surface area contributed by atoms with Gasteiger partial charge in [-0.1, -0.05) is 65.3 Å². The quantitative estimate of drug-likeness (QED) is 0.520. The van der Waals surface area contributed by atoms with Gasteiger partial charge < -0.3 is 15.4 Å². The summed E-state index contributed by atoms with van der Waals surface area (Å²) in [4.78, 5) is 29.8. The first-order valence-corrected chi connectivity index (χ1v) is 11.7. The molecule has 32 heavy (non-hydrogen) atoms. The van der Waals surface area contributed by atoms with Crippen LogP contribution in [-0.4, -0.2) is 29.4 Å². The fraction of sp³-hybridized carbons (Fsp3) is 0.261. The maximum Gasteiger partial charge on any atom is 0.338 e. The number of nitrogens with one attached hydrogen (secondary N) is 2. The Morgan fingerprint density at radius 1 is 1.16 bits per heavy atom. The van der Waals surface area contributed by atoms with Crippen LogP contribution < -0.4 is 10.6 Å². The fourth-order valence-electron chi connectivity index (χ4n) is 3.18. The molecule has 1 aliphatic rings. The molecule has 2 aromatic rings. The topological polar surface area (TPSA) is 79.8 Å². The minimum atomic E-state index is -0.705. The maximum absolute atomic E-state index is 12.7. The normalized spacial score (nSPS) is 15.7. The van der Waals surface area contributed by atoms with E-state index < -0.39 is 12.0 Å². The second-order valence-electron chi connectivity index (χ2n) is 7.02. The number of nitrogens with zero attached hydrogens (tertiary/aromatic N) is 1. The zero-order valence-corrected chi connectivity index (χ0v) is 20.2. The molecule has 0 spiro atoms. The summed E-state index contributed by atoms with van der Waals surface area (Å²) in [6.45, 7) is 5.67. The average molecular weight is 492 g/mol. The number of thioether (sulfide) groups is 1. The molecule has 0 aliphatic carbocycles. The van der Waals surface area contributed by atoms with Gasteiger partial charge in [0.25, 0.3) is 0 Å². The van der Waals surface area contributed by atoms with Gasteiger partial charge in [-0.05, 0) is 38.5 Å². The van der Waals surface area contributed by atoms with Crippen LogP contribution in [0, 0.1) is 6.92 Å². The maximum atomic E-state index is 12.7. The SMILES string of the molecule is CCOC(=O)C1=C(C)NC(SCC(=O)Nc2ccccc2C)=N[C@H]1c1cccc(Cl)c1Cl. The number of aliphatic imine (C=N–C) groups is 1. The first kappa shape index (κ1) is 24.2. The summed E-state index contributed by atoms with van der Waals surface area (Å²) >= 11 is 13.9. The molecule has 0 bridgehead atoms. The lowest BCUT2D eigenvalue weighted by Gasteiger charge is -2.26. The molecule has 1 heterocycles. The summed E-state index contributed by atoms with van der Waals surface area (Å²) in [6.07, 6.45) is 0.